The molecule has 0 N–H and O–H groups in total. The van der Waals surface area contributed by atoms with E-state index in [0.29, 0.717) is 10.6 Å². The molecule has 2 aromatic heterocycles. The van der Waals surface area contributed by atoms with Gasteiger partial charge >= 0.3 is 0 Å². The molecule has 2 heterocycles. The maximum absolute atomic E-state index is 12.0. The van der Waals surface area contributed by atoms with Crippen molar-refractivity contribution < 1.29 is 4.79 Å². The van der Waals surface area contributed by atoms with Gasteiger partial charge in [0.2, 0.25) is 0 Å². The number of rotatable bonds is 4. The van der Waals surface area contributed by atoms with E-state index in [1.54, 1.807) is 17.8 Å². The fourth-order valence-electron chi connectivity index (χ4n) is 1.72. The van der Waals surface area contributed by atoms with E-state index in [9.17, 15) is 4.79 Å². The highest BCUT2D eigenvalue weighted by atomic mass is 35.5. The highest BCUT2D eigenvalue weighted by Crippen LogP contribution is 2.22. The number of ketones is 1. The third-order valence-corrected chi connectivity index (χ3v) is 3.17. The molecular formula is C12H13ClN4O. The Bertz CT molecular complexity index is 565. The molecule has 5 nitrogen and oxygen atoms in total. The van der Waals surface area contributed by atoms with Gasteiger partial charge in [-0.2, -0.15) is 15.3 Å². The van der Waals surface area contributed by atoms with Crippen molar-refractivity contribution in [3.8, 4) is 0 Å². The Morgan fingerprint density at radius 3 is 2.78 bits per heavy atom. The van der Waals surface area contributed by atoms with E-state index in [1.165, 1.54) is 12.4 Å². The number of carbonyl (C=O) groups excluding carboxylic acids is 1. The number of carbonyl (C=O) groups is 1. The summed E-state index contributed by atoms with van der Waals surface area (Å²) in [5.74, 6) is -0.0440. The molecule has 0 radical (unpaired) electrons. The molecule has 0 atom stereocenters. The molecule has 6 heteroatoms. The molecule has 94 valence electrons. The first-order valence-corrected chi connectivity index (χ1v) is 6.01. The van der Waals surface area contributed by atoms with Crippen molar-refractivity contribution in [2.75, 3.05) is 0 Å². The first-order chi connectivity index (χ1) is 8.63. The Morgan fingerprint density at radius 2 is 2.22 bits per heavy atom. The van der Waals surface area contributed by atoms with Gasteiger partial charge in [0.1, 0.15) is 0 Å². The van der Waals surface area contributed by atoms with Gasteiger partial charge in [-0.05, 0) is 12.5 Å². The van der Waals surface area contributed by atoms with Gasteiger partial charge < -0.3 is 0 Å². The molecule has 0 aromatic carbocycles. The number of halogens is 1. The zero-order valence-electron chi connectivity index (χ0n) is 10.2. The highest BCUT2D eigenvalue weighted by Gasteiger charge is 2.17. The van der Waals surface area contributed by atoms with Crippen LogP contribution in [-0.2, 0) is 19.9 Å². The lowest BCUT2D eigenvalue weighted by atomic mass is 10.1. The third-order valence-electron chi connectivity index (χ3n) is 2.74. The van der Waals surface area contributed by atoms with Crippen molar-refractivity contribution >= 4 is 17.4 Å². The van der Waals surface area contributed by atoms with Crippen molar-refractivity contribution in [3.05, 3.63) is 40.4 Å². The Morgan fingerprint density at radius 1 is 1.44 bits per heavy atom. The van der Waals surface area contributed by atoms with E-state index in [2.05, 4.69) is 15.3 Å². The lowest BCUT2D eigenvalue weighted by Gasteiger charge is -2.02. The van der Waals surface area contributed by atoms with Crippen molar-refractivity contribution in [1.82, 2.24) is 20.0 Å². The Hall–Kier alpha value is -1.75. The second-order valence-corrected chi connectivity index (χ2v) is 4.29. The summed E-state index contributed by atoms with van der Waals surface area (Å²) in [4.78, 5) is 12.0. The zero-order chi connectivity index (χ0) is 13.1. The lowest BCUT2D eigenvalue weighted by molar-refractivity contribution is 0.0990. The van der Waals surface area contributed by atoms with Crippen LogP contribution in [0.15, 0.2) is 18.5 Å². The molecule has 0 amide bonds. The predicted molar refractivity (Wildman–Crippen MR) is 67.7 cm³/mol. The summed E-state index contributed by atoms with van der Waals surface area (Å²) < 4.78 is 1.66. The van der Waals surface area contributed by atoms with Gasteiger partial charge in [0.25, 0.3) is 0 Å². The second kappa shape index (κ2) is 5.27. The largest absolute Gasteiger partial charge is 0.294 e. The maximum Gasteiger partial charge on any atom is 0.170 e. The molecule has 0 fully saturated rings. The summed E-state index contributed by atoms with van der Waals surface area (Å²) in [6.45, 7) is 1.98. The van der Waals surface area contributed by atoms with Crippen LogP contribution in [0.1, 0.15) is 28.7 Å². The van der Waals surface area contributed by atoms with Crippen molar-refractivity contribution in [3.63, 3.8) is 0 Å². The van der Waals surface area contributed by atoms with Crippen LogP contribution in [0.5, 0.6) is 0 Å². The number of hydrogen-bond donors (Lipinski definition) is 0. The third kappa shape index (κ3) is 2.41. The number of nitrogens with zero attached hydrogens (tertiary/aromatic N) is 4. The molecular weight excluding hydrogens is 252 g/mol. The molecule has 0 spiro atoms. The molecule has 0 saturated carbocycles. The van der Waals surface area contributed by atoms with Crippen molar-refractivity contribution in [2.45, 2.75) is 19.8 Å². The molecule has 2 aromatic rings. The van der Waals surface area contributed by atoms with E-state index >= 15 is 0 Å². The van der Waals surface area contributed by atoms with E-state index in [4.69, 9.17) is 11.6 Å². The predicted octanol–water partition coefficient (Wildman–Crippen LogP) is 1.85. The first-order valence-electron chi connectivity index (χ1n) is 5.63. The number of aryl methyl sites for hydroxylation is 2. The van der Waals surface area contributed by atoms with Gasteiger partial charge in [0, 0.05) is 12.6 Å². The average Bonchev–Trinajstić information content (AvgIpc) is 2.67. The highest BCUT2D eigenvalue weighted by molar-refractivity contribution is 6.32. The normalized spacial score (nSPS) is 10.6. The molecule has 2 rings (SSSR count). The van der Waals surface area contributed by atoms with Gasteiger partial charge in [-0.1, -0.05) is 18.5 Å². The fraction of sp³-hybridized carbons (Fsp3) is 0.333. The van der Waals surface area contributed by atoms with E-state index < -0.39 is 0 Å². The molecule has 0 aliphatic rings. The molecule has 0 saturated heterocycles. The monoisotopic (exact) mass is 264 g/mol. The van der Waals surface area contributed by atoms with Gasteiger partial charge in [0.15, 0.2) is 5.78 Å². The first kappa shape index (κ1) is 12.7. The standard InChI is InChI=1S/C12H13ClN4O/c1-3-9-12(13)10(17(2)16-9)6-11(18)8-4-5-14-15-7-8/h4-5,7H,3,6H2,1-2H3. The van der Waals surface area contributed by atoms with Gasteiger partial charge in [-0.3, -0.25) is 9.48 Å². The topological polar surface area (TPSA) is 60.7 Å². The molecule has 0 unspecified atom stereocenters. The second-order valence-electron chi connectivity index (χ2n) is 3.92. The van der Waals surface area contributed by atoms with E-state index in [-0.39, 0.29) is 12.2 Å². The van der Waals surface area contributed by atoms with Crippen LogP contribution in [0, 0.1) is 0 Å². The summed E-state index contributed by atoms with van der Waals surface area (Å²) in [5.41, 5.74) is 2.07. The Kier molecular flexibility index (Phi) is 3.72. The lowest BCUT2D eigenvalue weighted by Crippen LogP contribution is -2.08. The van der Waals surface area contributed by atoms with Crippen LogP contribution in [0.25, 0.3) is 0 Å². The van der Waals surface area contributed by atoms with Crippen molar-refractivity contribution in [1.29, 1.82) is 0 Å². The minimum Gasteiger partial charge on any atom is -0.294 e. The fourth-order valence-corrected chi connectivity index (χ4v) is 2.08. The Labute approximate surface area is 110 Å². The van der Waals surface area contributed by atoms with Gasteiger partial charge in [0.05, 0.1) is 35.2 Å². The van der Waals surface area contributed by atoms with Crippen LogP contribution in [0.2, 0.25) is 5.02 Å². The van der Waals surface area contributed by atoms with E-state index in [1.807, 2.05) is 6.92 Å². The summed E-state index contributed by atoms with van der Waals surface area (Å²) in [6, 6.07) is 1.64. The van der Waals surface area contributed by atoms with Crippen LogP contribution < -0.4 is 0 Å². The number of Topliss-reactive ketones (excluding diaryl/α,β-unsaturated/α-hetero) is 1. The minimum atomic E-state index is -0.0440. The Balaban J connectivity index is 2.25. The molecule has 0 bridgehead atoms. The maximum atomic E-state index is 12.0. The van der Waals surface area contributed by atoms with E-state index in [0.717, 1.165) is 17.8 Å². The molecule has 0 aliphatic carbocycles. The summed E-state index contributed by atoms with van der Waals surface area (Å²) in [5, 5.41) is 12.2. The summed E-state index contributed by atoms with van der Waals surface area (Å²) >= 11 is 6.20. The average molecular weight is 265 g/mol. The zero-order valence-corrected chi connectivity index (χ0v) is 11.0. The molecule has 18 heavy (non-hydrogen) atoms. The summed E-state index contributed by atoms with van der Waals surface area (Å²) in [7, 11) is 1.79. The van der Waals surface area contributed by atoms with Gasteiger partial charge in [-0.15, -0.1) is 0 Å². The minimum absolute atomic E-state index is 0.0440. The van der Waals surface area contributed by atoms with Gasteiger partial charge in [-0.25, -0.2) is 0 Å². The van der Waals surface area contributed by atoms with Crippen LogP contribution >= 0.6 is 11.6 Å². The smallest absolute Gasteiger partial charge is 0.170 e. The quantitative estimate of drug-likeness (QED) is 0.791. The van der Waals surface area contributed by atoms with Crippen molar-refractivity contribution in [2.24, 2.45) is 7.05 Å². The molecule has 0 aliphatic heterocycles. The van der Waals surface area contributed by atoms with Crippen LogP contribution in [-0.4, -0.2) is 25.8 Å². The number of hydrogen-bond acceptors (Lipinski definition) is 4. The van der Waals surface area contributed by atoms with Crippen LogP contribution in [0.3, 0.4) is 0 Å². The SMILES string of the molecule is CCc1nn(C)c(CC(=O)c2ccnnc2)c1Cl. The number of aromatic nitrogens is 4. The van der Waals surface area contributed by atoms with Crippen LogP contribution in [0.4, 0.5) is 0 Å². The summed E-state index contributed by atoms with van der Waals surface area (Å²) in [6.07, 6.45) is 3.91.